The highest BCUT2D eigenvalue weighted by Gasteiger charge is 2.36. The summed E-state index contributed by atoms with van der Waals surface area (Å²) in [6.45, 7) is 2.04. The molecule has 1 saturated heterocycles. The molecule has 5 nitrogen and oxygen atoms in total. The Balaban J connectivity index is 1.98. The van der Waals surface area contributed by atoms with Crippen molar-refractivity contribution in [1.29, 1.82) is 0 Å². The predicted molar refractivity (Wildman–Crippen MR) is 83.1 cm³/mol. The van der Waals surface area contributed by atoms with E-state index < -0.39 is 11.8 Å². The summed E-state index contributed by atoms with van der Waals surface area (Å²) in [7, 11) is 0. The molecule has 0 bridgehead atoms. The van der Waals surface area contributed by atoms with Crippen LogP contribution in [0.25, 0.3) is 0 Å². The van der Waals surface area contributed by atoms with Gasteiger partial charge in [0.15, 0.2) is 11.6 Å². The van der Waals surface area contributed by atoms with Gasteiger partial charge in [0.05, 0.1) is 5.92 Å². The maximum Gasteiger partial charge on any atom is 0.234 e. The first-order valence-electron chi connectivity index (χ1n) is 7.78. The molecule has 1 aromatic rings. The molecule has 0 saturated carbocycles. The van der Waals surface area contributed by atoms with Gasteiger partial charge in [0.2, 0.25) is 11.8 Å². The van der Waals surface area contributed by atoms with E-state index in [4.69, 9.17) is 0 Å². The topological polar surface area (TPSA) is 80.3 Å². The van der Waals surface area contributed by atoms with Crippen LogP contribution in [-0.2, 0) is 16.0 Å². The Bertz CT molecular complexity index is 760. The molecule has 1 aliphatic heterocycles. The molecule has 1 atom stereocenters. The summed E-state index contributed by atoms with van der Waals surface area (Å²) in [5, 5.41) is 2.24. The molecule has 0 spiro atoms. The lowest BCUT2D eigenvalue weighted by atomic mass is 9.79. The minimum absolute atomic E-state index is 0.179. The fourth-order valence-electron chi connectivity index (χ4n) is 3.13. The van der Waals surface area contributed by atoms with E-state index in [1.54, 1.807) is 12.1 Å². The van der Waals surface area contributed by atoms with E-state index in [0.29, 0.717) is 11.1 Å². The van der Waals surface area contributed by atoms with Gasteiger partial charge in [0.25, 0.3) is 0 Å². The molecule has 2 amide bonds. The average molecular weight is 311 g/mol. The fourth-order valence-corrected chi connectivity index (χ4v) is 3.13. The first kappa shape index (κ1) is 15.3. The second-order valence-electron chi connectivity index (χ2n) is 5.93. The van der Waals surface area contributed by atoms with Crippen LogP contribution in [0.1, 0.15) is 52.5 Å². The molecule has 23 heavy (non-hydrogen) atoms. The second-order valence-corrected chi connectivity index (χ2v) is 5.93. The standard InChI is InChI=1S/C18H17NO4/c1-2-3-10-4-5-11-13(8-10)17(22)14(9-15(11)20)12-6-7-16(21)19-18(12)23/h4-5,8-9,12H,2-3,6-7H2,1H3,(H,19,21,23). The number of hydrogen-bond acceptors (Lipinski definition) is 4. The van der Waals surface area contributed by atoms with Crippen molar-refractivity contribution in [1.82, 2.24) is 5.32 Å². The number of carbonyl (C=O) groups is 4. The number of aryl methyl sites for hydroxylation is 1. The van der Waals surface area contributed by atoms with Crippen LogP contribution in [-0.4, -0.2) is 23.4 Å². The number of allylic oxidation sites excluding steroid dienone is 1. The number of rotatable bonds is 3. The Hall–Kier alpha value is -2.56. The first-order chi connectivity index (χ1) is 11.0. The molecule has 1 aliphatic carbocycles. The van der Waals surface area contributed by atoms with Crippen LogP contribution in [0.3, 0.4) is 0 Å². The Kier molecular flexibility index (Phi) is 3.94. The van der Waals surface area contributed by atoms with Gasteiger partial charge in [-0.25, -0.2) is 0 Å². The Morgan fingerprint density at radius 3 is 2.61 bits per heavy atom. The summed E-state index contributed by atoms with van der Waals surface area (Å²) < 4.78 is 0. The summed E-state index contributed by atoms with van der Waals surface area (Å²) >= 11 is 0. The van der Waals surface area contributed by atoms with E-state index >= 15 is 0 Å². The number of nitrogens with one attached hydrogen (secondary N) is 1. The normalized spacial score (nSPS) is 20.9. The number of fused-ring (bicyclic) bond motifs is 1. The quantitative estimate of drug-likeness (QED) is 0.866. The molecule has 1 aromatic carbocycles. The van der Waals surface area contributed by atoms with Crippen LogP contribution < -0.4 is 5.32 Å². The highest BCUT2D eigenvalue weighted by atomic mass is 16.2. The van der Waals surface area contributed by atoms with E-state index in [0.717, 1.165) is 18.4 Å². The van der Waals surface area contributed by atoms with Crippen molar-refractivity contribution in [2.75, 3.05) is 0 Å². The number of amides is 2. The van der Waals surface area contributed by atoms with Gasteiger partial charge < -0.3 is 0 Å². The molecule has 0 radical (unpaired) electrons. The first-order valence-corrected chi connectivity index (χ1v) is 7.78. The molecule has 1 unspecified atom stereocenters. The van der Waals surface area contributed by atoms with Gasteiger partial charge in [-0.15, -0.1) is 0 Å². The SMILES string of the molecule is CCCc1ccc2c(c1)C(=O)C(C1CCC(=O)NC1=O)=CC2=O. The lowest BCUT2D eigenvalue weighted by Gasteiger charge is -2.25. The summed E-state index contributed by atoms with van der Waals surface area (Å²) in [5.74, 6) is -2.12. The van der Waals surface area contributed by atoms with Crippen LogP contribution >= 0.6 is 0 Å². The molecule has 118 valence electrons. The van der Waals surface area contributed by atoms with Gasteiger partial charge in [0.1, 0.15) is 0 Å². The van der Waals surface area contributed by atoms with Gasteiger partial charge in [-0.3, -0.25) is 24.5 Å². The van der Waals surface area contributed by atoms with Crippen molar-refractivity contribution >= 4 is 23.4 Å². The van der Waals surface area contributed by atoms with Crippen LogP contribution in [0, 0.1) is 5.92 Å². The zero-order valence-corrected chi connectivity index (χ0v) is 12.8. The highest BCUT2D eigenvalue weighted by Crippen LogP contribution is 2.30. The molecule has 1 N–H and O–H groups in total. The molecule has 0 aromatic heterocycles. The maximum atomic E-state index is 12.8. The van der Waals surface area contributed by atoms with E-state index in [9.17, 15) is 19.2 Å². The number of hydrogen-bond donors (Lipinski definition) is 1. The second kappa shape index (κ2) is 5.91. The molecule has 2 aliphatic rings. The van der Waals surface area contributed by atoms with E-state index in [2.05, 4.69) is 5.32 Å². The lowest BCUT2D eigenvalue weighted by molar-refractivity contribution is -0.135. The average Bonchev–Trinajstić information content (AvgIpc) is 2.52. The van der Waals surface area contributed by atoms with E-state index in [1.807, 2.05) is 13.0 Å². The van der Waals surface area contributed by atoms with E-state index in [-0.39, 0.29) is 35.9 Å². The lowest BCUT2D eigenvalue weighted by Crippen LogP contribution is -2.43. The number of Topliss-reactive ketones (excluding diaryl/α,β-unsaturated/α-hetero) is 1. The Morgan fingerprint density at radius 2 is 1.91 bits per heavy atom. The fraction of sp³-hybridized carbons (Fsp3) is 0.333. The Morgan fingerprint density at radius 1 is 1.13 bits per heavy atom. The third-order valence-corrected chi connectivity index (χ3v) is 4.30. The predicted octanol–water partition coefficient (Wildman–Crippen LogP) is 2.00. The van der Waals surface area contributed by atoms with E-state index in [1.165, 1.54) is 6.08 Å². The molecule has 3 rings (SSSR count). The maximum absolute atomic E-state index is 12.8. The number of benzene rings is 1. The van der Waals surface area contributed by atoms with Crippen molar-refractivity contribution in [2.24, 2.45) is 5.92 Å². The van der Waals surface area contributed by atoms with Crippen LogP contribution in [0.5, 0.6) is 0 Å². The largest absolute Gasteiger partial charge is 0.296 e. The number of carbonyl (C=O) groups excluding carboxylic acids is 4. The molecular weight excluding hydrogens is 294 g/mol. The van der Waals surface area contributed by atoms with Crippen molar-refractivity contribution in [2.45, 2.75) is 32.6 Å². The minimum atomic E-state index is -0.730. The van der Waals surface area contributed by atoms with Crippen LogP contribution in [0.4, 0.5) is 0 Å². The van der Waals surface area contributed by atoms with Gasteiger partial charge in [-0.05, 0) is 30.5 Å². The zero-order valence-electron chi connectivity index (χ0n) is 12.8. The number of imide groups is 1. The van der Waals surface area contributed by atoms with Crippen molar-refractivity contribution in [3.05, 3.63) is 46.5 Å². The van der Waals surface area contributed by atoms with Crippen molar-refractivity contribution < 1.29 is 19.2 Å². The third-order valence-electron chi connectivity index (χ3n) is 4.30. The van der Waals surface area contributed by atoms with Gasteiger partial charge >= 0.3 is 0 Å². The minimum Gasteiger partial charge on any atom is -0.296 e. The number of ketones is 2. The van der Waals surface area contributed by atoms with Crippen LogP contribution in [0.2, 0.25) is 0 Å². The van der Waals surface area contributed by atoms with Gasteiger partial charge in [0, 0.05) is 23.1 Å². The summed E-state index contributed by atoms with van der Waals surface area (Å²) in [6.07, 6.45) is 3.46. The van der Waals surface area contributed by atoms with Crippen LogP contribution in [0.15, 0.2) is 29.8 Å². The van der Waals surface area contributed by atoms with Gasteiger partial charge in [-0.1, -0.05) is 25.5 Å². The summed E-state index contributed by atoms with van der Waals surface area (Å²) in [4.78, 5) is 48.3. The Labute approximate surface area is 133 Å². The molecular formula is C18H17NO4. The summed E-state index contributed by atoms with van der Waals surface area (Å²) in [5.41, 5.74) is 1.94. The zero-order chi connectivity index (χ0) is 16.6. The van der Waals surface area contributed by atoms with Crippen molar-refractivity contribution in [3.8, 4) is 0 Å². The highest BCUT2D eigenvalue weighted by molar-refractivity contribution is 6.26. The summed E-state index contributed by atoms with van der Waals surface area (Å²) in [6, 6.07) is 5.29. The van der Waals surface area contributed by atoms with Crippen molar-refractivity contribution in [3.63, 3.8) is 0 Å². The third kappa shape index (κ3) is 2.74. The van der Waals surface area contributed by atoms with Gasteiger partial charge in [-0.2, -0.15) is 0 Å². The molecule has 1 fully saturated rings. The molecule has 5 heteroatoms. The number of piperidine rings is 1. The monoisotopic (exact) mass is 311 g/mol. The smallest absolute Gasteiger partial charge is 0.234 e. The molecule has 1 heterocycles.